The number of carbonyl (C=O) groups is 1. The van der Waals surface area contributed by atoms with Crippen LogP contribution in [-0.2, 0) is 0 Å². The van der Waals surface area contributed by atoms with Gasteiger partial charge in [0.1, 0.15) is 5.69 Å². The van der Waals surface area contributed by atoms with Crippen LogP contribution in [0.5, 0.6) is 0 Å². The lowest BCUT2D eigenvalue weighted by Gasteiger charge is -2.05. The molecule has 0 spiro atoms. The number of nitrogens with one attached hydrogen (secondary N) is 2. The zero-order valence-electron chi connectivity index (χ0n) is 14.6. The van der Waals surface area contributed by atoms with Crippen LogP contribution in [0.4, 0.5) is 5.69 Å². The second-order valence-electron chi connectivity index (χ2n) is 5.96. The van der Waals surface area contributed by atoms with Crippen molar-refractivity contribution in [2.24, 2.45) is 21.7 Å². The summed E-state index contributed by atoms with van der Waals surface area (Å²) in [6.07, 6.45) is 0. The van der Waals surface area contributed by atoms with E-state index in [4.69, 9.17) is 11.5 Å². The van der Waals surface area contributed by atoms with Gasteiger partial charge in [0.05, 0.1) is 5.71 Å². The number of aromatic amines is 1. The van der Waals surface area contributed by atoms with E-state index in [0.717, 1.165) is 22.0 Å². The molecule has 0 atom stereocenters. The van der Waals surface area contributed by atoms with Gasteiger partial charge >= 0.3 is 0 Å². The largest absolute Gasteiger partial charge is 0.369 e. The normalized spacial score (nSPS) is 11.4. The van der Waals surface area contributed by atoms with Crippen LogP contribution in [0, 0.1) is 6.92 Å². The average Bonchev–Trinajstić information content (AvgIpc) is 3.06. The first-order valence-corrected chi connectivity index (χ1v) is 8.07. The van der Waals surface area contributed by atoms with Gasteiger partial charge in [-0.15, -0.1) is 5.10 Å². The maximum absolute atomic E-state index is 12.5. The fourth-order valence-corrected chi connectivity index (χ4v) is 2.61. The SMILES string of the molecule is C/C(=N\N=C(N)N)c1ccc(NC(=O)c2cc3c(C)cccc3[nH]2)cc1. The Balaban J connectivity index is 1.76. The van der Waals surface area contributed by atoms with Crippen molar-refractivity contribution >= 4 is 34.2 Å². The van der Waals surface area contributed by atoms with Gasteiger partial charge in [-0.05, 0) is 49.2 Å². The Hall–Kier alpha value is -3.61. The molecule has 0 unspecified atom stereocenters. The van der Waals surface area contributed by atoms with Gasteiger partial charge in [-0.3, -0.25) is 4.79 Å². The molecule has 0 bridgehead atoms. The molecule has 0 saturated carbocycles. The van der Waals surface area contributed by atoms with E-state index < -0.39 is 0 Å². The first-order chi connectivity index (χ1) is 12.4. The molecule has 0 aliphatic heterocycles. The van der Waals surface area contributed by atoms with E-state index >= 15 is 0 Å². The lowest BCUT2D eigenvalue weighted by molar-refractivity contribution is 0.102. The molecule has 0 saturated heterocycles. The number of aryl methyl sites for hydroxylation is 1. The second-order valence-corrected chi connectivity index (χ2v) is 5.96. The molecule has 2 aromatic carbocycles. The van der Waals surface area contributed by atoms with Gasteiger partial charge < -0.3 is 21.8 Å². The summed E-state index contributed by atoms with van der Waals surface area (Å²) in [7, 11) is 0. The lowest BCUT2D eigenvalue weighted by atomic mass is 10.1. The molecule has 1 amide bonds. The lowest BCUT2D eigenvalue weighted by Crippen LogP contribution is -2.22. The molecule has 3 aromatic rings. The van der Waals surface area contributed by atoms with E-state index in [0.29, 0.717) is 17.1 Å². The highest BCUT2D eigenvalue weighted by atomic mass is 16.1. The molecule has 26 heavy (non-hydrogen) atoms. The number of aromatic nitrogens is 1. The summed E-state index contributed by atoms with van der Waals surface area (Å²) in [6.45, 7) is 3.82. The van der Waals surface area contributed by atoms with Crippen molar-refractivity contribution in [2.75, 3.05) is 5.32 Å². The summed E-state index contributed by atoms with van der Waals surface area (Å²) < 4.78 is 0. The third-order valence-corrected chi connectivity index (χ3v) is 4.00. The number of nitrogens with two attached hydrogens (primary N) is 2. The van der Waals surface area contributed by atoms with E-state index in [1.807, 2.05) is 43.3 Å². The van der Waals surface area contributed by atoms with Gasteiger partial charge in [0.25, 0.3) is 5.91 Å². The topological polar surface area (TPSA) is 122 Å². The minimum Gasteiger partial charge on any atom is -0.369 e. The highest BCUT2D eigenvalue weighted by molar-refractivity contribution is 6.06. The third-order valence-electron chi connectivity index (χ3n) is 4.00. The summed E-state index contributed by atoms with van der Waals surface area (Å²) in [6, 6.07) is 15.1. The standard InChI is InChI=1S/C19H20N6O/c1-11-4-3-5-16-15(11)10-17(23-16)18(26)22-14-8-6-13(7-9-14)12(2)24-25-19(20)21/h3-10,23H,1-2H3,(H,22,26)(H4,20,21,25)/b24-12+. The number of hydrogen-bond acceptors (Lipinski definition) is 3. The first-order valence-electron chi connectivity index (χ1n) is 8.07. The predicted octanol–water partition coefficient (Wildman–Crippen LogP) is 2.73. The van der Waals surface area contributed by atoms with Crippen LogP contribution in [0.1, 0.15) is 28.5 Å². The molecular weight excluding hydrogens is 328 g/mol. The summed E-state index contributed by atoms with van der Waals surface area (Å²) in [5, 5.41) is 11.5. The van der Waals surface area contributed by atoms with E-state index in [9.17, 15) is 4.79 Å². The minimum absolute atomic E-state index is 0.0956. The van der Waals surface area contributed by atoms with Crippen molar-refractivity contribution in [1.29, 1.82) is 0 Å². The fourth-order valence-electron chi connectivity index (χ4n) is 2.61. The quantitative estimate of drug-likeness (QED) is 0.329. The summed E-state index contributed by atoms with van der Waals surface area (Å²) >= 11 is 0. The molecule has 132 valence electrons. The van der Waals surface area contributed by atoms with E-state index in [1.54, 1.807) is 19.1 Å². The molecule has 0 radical (unpaired) electrons. The number of nitrogens with zero attached hydrogens (tertiary/aromatic N) is 2. The molecule has 6 N–H and O–H groups in total. The number of hydrogen-bond donors (Lipinski definition) is 4. The number of carbonyl (C=O) groups excluding carboxylic acids is 1. The highest BCUT2D eigenvalue weighted by Gasteiger charge is 2.11. The number of benzene rings is 2. The van der Waals surface area contributed by atoms with Crippen LogP contribution in [0.15, 0.2) is 58.7 Å². The predicted molar refractivity (Wildman–Crippen MR) is 105 cm³/mol. The number of fused-ring (bicyclic) bond motifs is 1. The number of H-pyrrole nitrogens is 1. The Kier molecular flexibility index (Phi) is 4.70. The first kappa shape index (κ1) is 17.2. The molecule has 0 aliphatic rings. The van der Waals surface area contributed by atoms with E-state index in [2.05, 4.69) is 20.5 Å². The maximum Gasteiger partial charge on any atom is 0.272 e. The zero-order chi connectivity index (χ0) is 18.7. The molecule has 0 fully saturated rings. The van der Waals surface area contributed by atoms with Crippen molar-refractivity contribution in [3.63, 3.8) is 0 Å². The Bertz CT molecular complexity index is 1010. The van der Waals surface area contributed by atoms with Crippen LogP contribution in [0.25, 0.3) is 10.9 Å². The van der Waals surface area contributed by atoms with E-state index in [1.165, 1.54) is 0 Å². The Morgan fingerprint density at radius 2 is 1.81 bits per heavy atom. The smallest absolute Gasteiger partial charge is 0.272 e. The summed E-state index contributed by atoms with van der Waals surface area (Å²) in [5.41, 5.74) is 15.3. The van der Waals surface area contributed by atoms with Crippen molar-refractivity contribution < 1.29 is 4.79 Å². The molecule has 1 aromatic heterocycles. The second kappa shape index (κ2) is 7.10. The zero-order valence-corrected chi connectivity index (χ0v) is 14.6. The number of guanidine groups is 1. The van der Waals surface area contributed by atoms with Crippen molar-refractivity contribution in [1.82, 2.24) is 4.98 Å². The summed E-state index contributed by atoms with van der Waals surface area (Å²) in [5.74, 6) is -0.291. The molecule has 7 nitrogen and oxygen atoms in total. The van der Waals surface area contributed by atoms with Crippen LogP contribution in [-0.4, -0.2) is 22.6 Å². The monoisotopic (exact) mass is 348 g/mol. The maximum atomic E-state index is 12.5. The molecule has 3 rings (SSSR count). The molecule has 0 aliphatic carbocycles. The van der Waals surface area contributed by atoms with Gasteiger partial charge in [-0.2, -0.15) is 5.10 Å². The van der Waals surface area contributed by atoms with Crippen molar-refractivity contribution in [2.45, 2.75) is 13.8 Å². The van der Waals surface area contributed by atoms with Gasteiger partial charge in [-0.25, -0.2) is 0 Å². The van der Waals surface area contributed by atoms with Gasteiger partial charge in [0.15, 0.2) is 0 Å². The van der Waals surface area contributed by atoms with Gasteiger partial charge in [0.2, 0.25) is 5.96 Å². The fraction of sp³-hybridized carbons (Fsp3) is 0.105. The van der Waals surface area contributed by atoms with Gasteiger partial charge in [-0.1, -0.05) is 24.3 Å². The Morgan fingerprint density at radius 3 is 2.46 bits per heavy atom. The number of rotatable bonds is 4. The van der Waals surface area contributed by atoms with E-state index in [-0.39, 0.29) is 11.9 Å². The highest BCUT2D eigenvalue weighted by Crippen LogP contribution is 2.20. The minimum atomic E-state index is -0.195. The summed E-state index contributed by atoms with van der Waals surface area (Å²) in [4.78, 5) is 15.6. The third kappa shape index (κ3) is 3.72. The molecule has 1 heterocycles. The van der Waals surface area contributed by atoms with Crippen molar-refractivity contribution in [3.8, 4) is 0 Å². The van der Waals surface area contributed by atoms with Crippen LogP contribution in [0.2, 0.25) is 0 Å². The van der Waals surface area contributed by atoms with Crippen LogP contribution >= 0.6 is 0 Å². The average molecular weight is 348 g/mol. The number of amides is 1. The molecule has 7 heteroatoms. The van der Waals surface area contributed by atoms with Crippen LogP contribution < -0.4 is 16.8 Å². The molecular formula is C19H20N6O. The Morgan fingerprint density at radius 1 is 1.08 bits per heavy atom. The number of anilines is 1. The Labute approximate surface area is 150 Å². The van der Waals surface area contributed by atoms with Gasteiger partial charge in [0, 0.05) is 16.6 Å². The van der Waals surface area contributed by atoms with Crippen LogP contribution in [0.3, 0.4) is 0 Å². The van der Waals surface area contributed by atoms with Crippen molar-refractivity contribution in [3.05, 3.63) is 65.4 Å².